The van der Waals surface area contributed by atoms with Crippen molar-refractivity contribution in [2.45, 2.75) is 6.54 Å². The van der Waals surface area contributed by atoms with Gasteiger partial charge in [0.2, 0.25) is 0 Å². The van der Waals surface area contributed by atoms with Crippen molar-refractivity contribution < 1.29 is 0 Å². The van der Waals surface area contributed by atoms with Gasteiger partial charge in [-0.2, -0.15) is 0 Å². The Morgan fingerprint density at radius 2 is 1.71 bits per heavy atom. The molecule has 0 spiro atoms. The van der Waals surface area contributed by atoms with Crippen molar-refractivity contribution in [2.75, 3.05) is 5.32 Å². The average Bonchev–Trinajstić information content (AvgIpc) is 2.29. The minimum Gasteiger partial charge on any atom is -0.379 e. The summed E-state index contributed by atoms with van der Waals surface area (Å²) in [6, 6.07) is 7.49. The molecule has 0 radical (unpaired) electrons. The van der Waals surface area contributed by atoms with Crippen LogP contribution in [-0.2, 0) is 6.54 Å². The van der Waals surface area contributed by atoms with Crippen LogP contribution in [0.2, 0.25) is 10.0 Å². The molecule has 5 heteroatoms. The Morgan fingerprint density at radius 3 is 2.29 bits per heavy atom. The second kappa shape index (κ2) is 5.71. The number of benzene rings is 1. The molecule has 1 heterocycles. The first-order chi connectivity index (χ1) is 8.16. The van der Waals surface area contributed by atoms with Crippen molar-refractivity contribution in [1.82, 2.24) is 4.98 Å². The Bertz CT molecular complexity index is 494. The molecular formula is C12H9BrCl2N2. The molecule has 2 nitrogen and oxygen atoms in total. The predicted octanol–water partition coefficient (Wildman–Crippen LogP) is 4.76. The van der Waals surface area contributed by atoms with E-state index in [1.54, 1.807) is 12.4 Å². The summed E-state index contributed by atoms with van der Waals surface area (Å²) in [6.07, 6.45) is 3.50. The molecule has 0 saturated carbocycles. The van der Waals surface area contributed by atoms with Crippen LogP contribution < -0.4 is 5.32 Å². The summed E-state index contributed by atoms with van der Waals surface area (Å²) in [5, 5.41) is 4.40. The molecule has 0 aliphatic heterocycles. The highest BCUT2D eigenvalue weighted by Gasteiger charge is 2.06. The number of pyridine rings is 1. The summed E-state index contributed by atoms with van der Waals surface area (Å²) in [4.78, 5) is 3.96. The topological polar surface area (TPSA) is 24.9 Å². The molecule has 2 rings (SSSR count). The van der Waals surface area contributed by atoms with E-state index in [0.717, 1.165) is 15.7 Å². The van der Waals surface area contributed by atoms with E-state index in [9.17, 15) is 0 Å². The maximum absolute atomic E-state index is 6.11. The molecule has 1 N–H and O–H groups in total. The van der Waals surface area contributed by atoms with Crippen molar-refractivity contribution in [1.29, 1.82) is 0 Å². The van der Waals surface area contributed by atoms with Gasteiger partial charge >= 0.3 is 0 Å². The molecule has 17 heavy (non-hydrogen) atoms. The van der Waals surface area contributed by atoms with E-state index in [-0.39, 0.29) is 0 Å². The van der Waals surface area contributed by atoms with Crippen molar-refractivity contribution in [3.05, 3.63) is 56.7 Å². The molecule has 2 aromatic rings. The number of nitrogens with one attached hydrogen (secondary N) is 1. The standard InChI is InChI=1S/C12H9BrCl2N2/c13-9-5-10(14)12(11(15)6-9)17-7-8-1-3-16-4-2-8/h1-6,17H,7H2. The third kappa shape index (κ3) is 3.35. The normalized spacial score (nSPS) is 10.3. The molecule has 0 atom stereocenters. The first kappa shape index (κ1) is 12.7. The molecule has 88 valence electrons. The maximum atomic E-state index is 6.11. The number of aromatic nitrogens is 1. The molecule has 0 unspecified atom stereocenters. The lowest BCUT2D eigenvalue weighted by Crippen LogP contribution is -2.00. The Hall–Kier alpha value is -0.770. The number of nitrogens with zero attached hydrogens (tertiary/aromatic N) is 1. The summed E-state index contributed by atoms with van der Waals surface area (Å²) < 4.78 is 0.863. The summed E-state index contributed by atoms with van der Waals surface area (Å²) in [5.41, 5.74) is 1.86. The van der Waals surface area contributed by atoms with Gasteiger partial charge in [0.25, 0.3) is 0 Å². The van der Waals surface area contributed by atoms with Crippen molar-refractivity contribution in [3.8, 4) is 0 Å². The smallest absolute Gasteiger partial charge is 0.0722 e. The highest BCUT2D eigenvalue weighted by molar-refractivity contribution is 9.10. The first-order valence-corrected chi connectivity index (χ1v) is 6.49. The van der Waals surface area contributed by atoms with Gasteiger partial charge in [-0.15, -0.1) is 0 Å². The molecule has 0 saturated heterocycles. The second-order valence-electron chi connectivity index (χ2n) is 3.45. The maximum Gasteiger partial charge on any atom is 0.0722 e. The lowest BCUT2D eigenvalue weighted by atomic mass is 10.2. The fourth-order valence-corrected chi connectivity index (χ4v) is 2.74. The molecule has 0 aliphatic rings. The Balaban J connectivity index is 2.15. The zero-order valence-corrected chi connectivity index (χ0v) is 11.9. The van der Waals surface area contributed by atoms with Gasteiger partial charge in [0.05, 0.1) is 15.7 Å². The zero-order chi connectivity index (χ0) is 12.3. The van der Waals surface area contributed by atoms with Crippen molar-refractivity contribution in [2.24, 2.45) is 0 Å². The van der Waals surface area contributed by atoms with E-state index in [4.69, 9.17) is 23.2 Å². The number of hydrogen-bond acceptors (Lipinski definition) is 2. The van der Waals surface area contributed by atoms with Gasteiger partial charge < -0.3 is 5.32 Å². The van der Waals surface area contributed by atoms with Crippen LogP contribution in [0.5, 0.6) is 0 Å². The first-order valence-electron chi connectivity index (χ1n) is 4.94. The summed E-state index contributed by atoms with van der Waals surface area (Å²) in [5.74, 6) is 0. The van der Waals surface area contributed by atoms with Gasteiger partial charge in [-0.1, -0.05) is 39.1 Å². The predicted molar refractivity (Wildman–Crippen MR) is 75.7 cm³/mol. The van der Waals surface area contributed by atoms with Gasteiger partial charge in [0.15, 0.2) is 0 Å². The van der Waals surface area contributed by atoms with E-state index in [0.29, 0.717) is 16.6 Å². The van der Waals surface area contributed by atoms with Gasteiger partial charge in [0, 0.05) is 23.4 Å². The summed E-state index contributed by atoms with van der Waals surface area (Å²) in [7, 11) is 0. The zero-order valence-electron chi connectivity index (χ0n) is 8.75. The number of hydrogen-bond donors (Lipinski definition) is 1. The van der Waals surface area contributed by atoms with Crippen molar-refractivity contribution >= 4 is 44.8 Å². The molecule has 0 amide bonds. The minimum absolute atomic E-state index is 0.596. The summed E-state index contributed by atoms with van der Waals surface area (Å²) >= 11 is 15.6. The fourth-order valence-electron chi connectivity index (χ4n) is 1.40. The lowest BCUT2D eigenvalue weighted by Gasteiger charge is -2.10. The van der Waals surface area contributed by atoms with Gasteiger partial charge in [-0.3, -0.25) is 4.98 Å². The van der Waals surface area contributed by atoms with Gasteiger partial charge in [-0.05, 0) is 29.8 Å². The van der Waals surface area contributed by atoms with Crippen LogP contribution in [0.1, 0.15) is 5.56 Å². The average molecular weight is 332 g/mol. The lowest BCUT2D eigenvalue weighted by molar-refractivity contribution is 1.13. The third-order valence-corrected chi connectivity index (χ3v) is 3.28. The highest BCUT2D eigenvalue weighted by atomic mass is 79.9. The van der Waals surface area contributed by atoms with E-state index in [2.05, 4.69) is 26.2 Å². The summed E-state index contributed by atoms with van der Waals surface area (Å²) in [6.45, 7) is 0.656. The van der Waals surface area contributed by atoms with Crippen LogP contribution in [0.15, 0.2) is 41.1 Å². The fraction of sp³-hybridized carbons (Fsp3) is 0.0833. The number of anilines is 1. The van der Waals surface area contributed by atoms with E-state index < -0.39 is 0 Å². The molecule has 1 aromatic carbocycles. The second-order valence-corrected chi connectivity index (χ2v) is 5.18. The Labute approximate surface area is 118 Å². The van der Waals surface area contributed by atoms with Gasteiger partial charge in [0.1, 0.15) is 0 Å². The highest BCUT2D eigenvalue weighted by Crippen LogP contribution is 2.33. The SMILES string of the molecule is Clc1cc(Br)cc(Cl)c1NCc1ccncc1. The van der Waals surface area contributed by atoms with Crippen molar-refractivity contribution in [3.63, 3.8) is 0 Å². The largest absolute Gasteiger partial charge is 0.379 e. The Morgan fingerprint density at radius 1 is 1.12 bits per heavy atom. The van der Waals surface area contributed by atoms with Crippen LogP contribution in [0.3, 0.4) is 0 Å². The number of rotatable bonds is 3. The quantitative estimate of drug-likeness (QED) is 0.876. The Kier molecular flexibility index (Phi) is 4.26. The van der Waals surface area contributed by atoms with Crippen LogP contribution in [0.25, 0.3) is 0 Å². The monoisotopic (exact) mass is 330 g/mol. The third-order valence-electron chi connectivity index (χ3n) is 2.23. The van der Waals surface area contributed by atoms with E-state index >= 15 is 0 Å². The van der Waals surface area contributed by atoms with Crippen LogP contribution in [0, 0.1) is 0 Å². The van der Waals surface area contributed by atoms with Gasteiger partial charge in [-0.25, -0.2) is 0 Å². The van der Waals surface area contributed by atoms with E-state index in [1.807, 2.05) is 24.3 Å². The molecule has 0 aliphatic carbocycles. The van der Waals surface area contributed by atoms with Crippen LogP contribution in [-0.4, -0.2) is 4.98 Å². The number of halogens is 3. The minimum atomic E-state index is 0.596. The molecule has 0 bridgehead atoms. The molecule has 0 fully saturated rings. The molecule has 1 aromatic heterocycles. The van der Waals surface area contributed by atoms with Crippen LogP contribution >= 0.6 is 39.1 Å². The van der Waals surface area contributed by atoms with E-state index in [1.165, 1.54) is 0 Å². The molecular weight excluding hydrogens is 323 g/mol. The van der Waals surface area contributed by atoms with Crippen LogP contribution in [0.4, 0.5) is 5.69 Å².